The number of anilines is 1. The Balaban J connectivity index is 1.61. The molecule has 3 aromatic carbocycles. The van der Waals surface area contributed by atoms with Crippen LogP contribution in [0.25, 0.3) is 0 Å². The third-order valence-corrected chi connectivity index (χ3v) is 5.33. The average molecular weight is 497 g/mol. The van der Waals surface area contributed by atoms with Gasteiger partial charge in [-0.1, -0.05) is 70.7 Å². The molecule has 160 valence electrons. The first-order valence-corrected chi connectivity index (χ1v) is 10.6. The van der Waals surface area contributed by atoms with Gasteiger partial charge in [0.25, 0.3) is 0 Å². The quantitative estimate of drug-likeness (QED) is 0.277. The molecular formula is C22H17Cl4N3O2. The lowest BCUT2D eigenvalue weighted by atomic mass is 10.2. The van der Waals surface area contributed by atoms with Gasteiger partial charge in [0.1, 0.15) is 6.61 Å². The van der Waals surface area contributed by atoms with Gasteiger partial charge in [0.05, 0.1) is 16.3 Å². The van der Waals surface area contributed by atoms with Crippen molar-refractivity contribution in [2.75, 3.05) is 5.32 Å². The van der Waals surface area contributed by atoms with E-state index in [4.69, 9.17) is 51.1 Å². The Kier molecular flexibility index (Phi) is 8.04. The number of hydrazone groups is 1. The molecule has 5 nitrogen and oxygen atoms in total. The van der Waals surface area contributed by atoms with Crippen molar-refractivity contribution in [2.24, 2.45) is 5.10 Å². The summed E-state index contributed by atoms with van der Waals surface area (Å²) in [5.41, 5.74) is 5.36. The first-order chi connectivity index (χ1) is 14.8. The number of hydrogen-bond donors (Lipinski definition) is 2. The highest BCUT2D eigenvalue weighted by molar-refractivity contribution is 6.37. The molecule has 0 saturated heterocycles. The topological polar surface area (TPSA) is 62.7 Å². The molecule has 0 aromatic heterocycles. The van der Waals surface area contributed by atoms with Crippen molar-refractivity contribution in [1.82, 2.24) is 5.43 Å². The molecule has 31 heavy (non-hydrogen) atoms. The molecule has 0 heterocycles. The maximum Gasteiger partial charge on any atom is 0.339 e. The highest BCUT2D eigenvalue weighted by Crippen LogP contribution is 2.35. The van der Waals surface area contributed by atoms with Crippen molar-refractivity contribution in [2.45, 2.75) is 13.5 Å². The molecule has 0 spiro atoms. The molecule has 0 fully saturated rings. The van der Waals surface area contributed by atoms with Crippen LogP contribution in [0.15, 0.2) is 59.7 Å². The van der Waals surface area contributed by atoms with Crippen LogP contribution >= 0.6 is 46.4 Å². The van der Waals surface area contributed by atoms with E-state index in [1.807, 2.05) is 25.1 Å². The molecule has 2 N–H and O–H groups in total. The zero-order chi connectivity index (χ0) is 22.4. The lowest BCUT2D eigenvalue weighted by Gasteiger charge is -2.12. The number of rotatable bonds is 6. The fraction of sp³-hybridized carbons (Fsp3) is 0.0909. The minimum Gasteiger partial charge on any atom is -0.486 e. The van der Waals surface area contributed by atoms with Crippen LogP contribution < -0.4 is 15.5 Å². The number of ether oxygens (including phenoxy) is 1. The van der Waals surface area contributed by atoms with E-state index in [9.17, 15) is 4.79 Å². The largest absolute Gasteiger partial charge is 0.486 e. The molecule has 0 aliphatic carbocycles. The summed E-state index contributed by atoms with van der Waals surface area (Å²) in [6.45, 7) is 2.07. The molecule has 9 heteroatoms. The number of hydrogen-bond acceptors (Lipinski definition) is 3. The molecule has 0 aliphatic heterocycles. The molecule has 0 aliphatic rings. The Labute approximate surface area is 199 Å². The van der Waals surface area contributed by atoms with E-state index in [0.29, 0.717) is 37.1 Å². The van der Waals surface area contributed by atoms with Crippen LogP contribution in [0, 0.1) is 6.92 Å². The second kappa shape index (κ2) is 10.7. The monoisotopic (exact) mass is 495 g/mol. The summed E-state index contributed by atoms with van der Waals surface area (Å²) in [6, 6.07) is 15.3. The van der Waals surface area contributed by atoms with Crippen LogP contribution in [0.4, 0.5) is 10.5 Å². The minimum atomic E-state index is -0.470. The van der Waals surface area contributed by atoms with Gasteiger partial charge in [-0.05, 0) is 48.4 Å². The maximum absolute atomic E-state index is 12.0. The number of aryl methyl sites for hydroxylation is 1. The molecule has 3 rings (SSSR count). The van der Waals surface area contributed by atoms with Crippen LogP contribution in [0.5, 0.6) is 5.75 Å². The second-order valence-corrected chi connectivity index (χ2v) is 8.14. The first-order valence-electron chi connectivity index (χ1n) is 9.05. The van der Waals surface area contributed by atoms with E-state index in [1.54, 1.807) is 36.4 Å². The molecule has 2 amide bonds. The van der Waals surface area contributed by atoms with Crippen molar-refractivity contribution in [3.05, 3.63) is 91.4 Å². The van der Waals surface area contributed by atoms with Crippen molar-refractivity contribution >= 4 is 64.3 Å². The zero-order valence-electron chi connectivity index (χ0n) is 16.3. The molecule has 0 unspecified atom stereocenters. The Morgan fingerprint density at radius 2 is 1.71 bits per heavy atom. The number of carbonyl (C=O) groups is 1. The van der Waals surface area contributed by atoms with Gasteiger partial charge >= 0.3 is 6.03 Å². The minimum absolute atomic E-state index is 0.170. The van der Waals surface area contributed by atoms with Gasteiger partial charge in [-0.3, -0.25) is 0 Å². The van der Waals surface area contributed by atoms with E-state index >= 15 is 0 Å². The third kappa shape index (κ3) is 6.52. The maximum atomic E-state index is 12.0. The molecule has 0 radical (unpaired) electrons. The highest BCUT2D eigenvalue weighted by Gasteiger charge is 2.11. The number of benzene rings is 3. The number of nitrogens with zero attached hydrogens (tertiary/aromatic N) is 1. The van der Waals surface area contributed by atoms with Crippen molar-refractivity contribution in [3.63, 3.8) is 0 Å². The van der Waals surface area contributed by atoms with Gasteiger partial charge in [0.2, 0.25) is 0 Å². The molecule has 3 aromatic rings. The summed E-state index contributed by atoms with van der Waals surface area (Å²) in [6.07, 6.45) is 1.43. The van der Waals surface area contributed by atoms with Gasteiger partial charge in [0.15, 0.2) is 5.75 Å². The fourth-order valence-corrected chi connectivity index (χ4v) is 3.69. The number of nitrogens with one attached hydrogen (secondary N) is 2. The lowest BCUT2D eigenvalue weighted by molar-refractivity contribution is 0.252. The van der Waals surface area contributed by atoms with E-state index in [1.165, 1.54) is 6.21 Å². The normalized spacial score (nSPS) is 10.9. The van der Waals surface area contributed by atoms with Crippen molar-refractivity contribution < 1.29 is 9.53 Å². The summed E-state index contributed by atoms with van der Waals surface area (Å²) >= 11 is 24.7. The number of urea groups is 1. The highest BCUT2D eigenvalue weighted by atomic mass is 35.5. The predicted molar refractivity (Wildman–Crippen MR) is 128 cm³/mol. The first kappa shape index (κ1) is 23.2. The fourth-order valence-electron chi connectivity index (χ4n) is 2.61. The molecule has 0 bridgehead atoms. The van der Waals surface area contributed by atoms with Crippen LogP contribution in [-0.4, -0.2) is 12.2 Å². The molecule has 0 atom stereocenters. The lowest BCUT2D eigenvalue weighted by Crippen LogP contribution is -2.24. The molecular weight excluding hydrogens is 480 g/mol. The summed E-state index contributed by atoms with van der Waals surface area (Å²) in [5.74, 6) is 0.316. The number of amides is 2. The van der Waals surface area contributed by atoms with Crippen molar-refractivity contribution in [1.29, 1.82) is 0 Å². The van der Waals surface area contributed by atoms with Gasteiger partial charge in [-0.25, -0.2) is 10.2 Å². The van der Waals surface area contributed by atoms with Crippen LogP contribution in [0.3, 0.4) is 0 Å². The summed E-state index contributed by atoms with van der Waals surface area (Å²) < 4.78 is 5.73. The predicted octanol–water partition coefficient (Wildman–Crippen LogP) is 7.34. The zero-order valence-corrected chi connectivity index (χ0v) is 19.3. The number of carbonyl (C=O) groups excluding carboxylic acids is 1. The molecule has 0 saturated carbocycles. The number of halogens is 4. The summed E-state index contributed by atoms with van der Waals surface area (Å²) in [4.78, 5) is 12.0. The third-order valence-electron chi connectivity index (χ3n) is 4.18. The van der Waals surface area contributed by atoms with E-state index in [-0.39, 0.29) is 6.61 Å². The Bertz CT molecular complexity index is 1110. The Morgan fingerprint density at radius 3 is 2.39 bits per heavy atom. The Morgan fingerprint density at radius 1 is 1.00 bits per heavy atom. The van der Waals surface area contributed by atoms with Crippen molar-refractivity contribution in [3.8, 4) is 5.75 Å². The smallest absolute Gasteiger partial charge is 0.339 e. The van der Waals surface area contributed by atoms with Crippen LogP contribution in [0.1, 0.15) is 16.7 Å². The van der Waals surface area contributed by atoms with E-state index in [0.717, 1.165) is 11.1 Å². The van der Waals surface area contributed by atoms with Crippen LogP contribution in [-0.2, 0) is 6.61 Å². The SMILES string of the molecule is Cc1ccccc1NC(=O)NN=Cc1cc(Cl)c(OCc2ccc(Cl)cc2Cl)c(Cl)c1. The standard InChI is InChI=1S/C22H17Cl4N3O2/c1-13-4-2-3-5-20(13)28-22(30)29-27-11-14-8-18(25)21(19(26)9-14)31-12-15-6-7-16(23)10-17(15)24/h2-11H,12H2,1H3,(H2,28,29,30). The van der Waals surface area contributed by atoms with Gasteiger partial charge in [-0.2, -0.15) is 5.10 Å². The van der Waals surface area contributed by atoms with E-state index < -0.39 is 6.03 Å². The second-order valence-electron chi connectivity index (χ2n) is 6.48. The van der Waals surface area contributed by atoms with Gasteiger partial charge in [-0.15, -0.1) is 0 Å². The summed E-state index contributed by atoms with van der Waals surface area (Å²) in [7, 11) is 0. The Hall–Kier alpha value is -2.44. The van der Waals surface area contributed by atoms with Gasteiger partial charge < -0.3 is 10.1 Å². The average Bonchev–Trinajstić information content (AvgIpc) is 2.70. The van der Waals surface area contributed by atoms with Gasteiger partial charge in [0, 0.05) is 21.3 Å². The van der Waals surface area contributed by atoms with E-state index in [2.05, 4.69) is 15.8 Å². The number of para-hydroxylation sites is 1. The van der Waals surface area contributed by atoms with Crippen LogP contribution in [0.2, 0.25) is 20.1 Å². The summed E-state index contributed by atoms with van der Waals surface area (Å²) in [5, 5.41) is 8.24.